The first-order valence-electron chi connectivity index (χ1n) is 7.04. The quantitative estimate of drug-likeness (QED) is 0.922. The lowest BCUT2D eigenvalue weighted by Crippen LogP contribution is -2.12. The van der Waals surface area contributed by atoms with Crippen LogP contribution >= 0.6 is 0 Å². The van der Waals surface area contributed by atoms with Gasteiger partial charge in [-0.1, -0.05) is 31.2 Å². The van der Waals surface area contributed by atoms with Crippen molar-refractivity contribution in [3.63, 3.8) is 0 Å². The van der Waals surface area contributed by atoms with E-state index in [0.29, 0.717) is 11.1 Å². The predicted octanol–water partition coefficient (Wildman–Crippen LogP) is 3.05. The Bertz CT molecular complexity index is 747. The van der Waals surface area contributed by atoms with Crippen LogP contribution in [0.25, 0.3) is 0 Å². The lowest BCUT2D eigenvalue weighted by molar-refractivity contribution is 0.102. The Morgan fingerprint density at radius 1 is 0.955 bits per heavy atom. The Hall–Kier alpha value is -2.14. The Morgan fingerprint density at radius 2 is 1.50 bits per heavy atom. The summed E-state index contributed by atoms with van der Waals surface area (Å²) < 4.78 is 22.5. The molecule has 2 aromatic carbocycles. The van der Waals surface area contributed by atoms with Gasteiger partial charge in [0.25, 0.3) is 5.91 Å². The number of carbonyl (C=O) groups is 1. The summed E-state index contributed by atoms with van der Waals surface area (Å²) in [5.74, 6) is -0.233. The molecule has 0 aromatic heterocycles. The van der Waals surface area contributed by atoms with Gasteiger partial charge in [-0.15, -0.1) is 0 Å². The fraction of sp³-hybridized carbons (Fsp3) is 0.235. The molecule has 5 heteroatoms. The molecular formula is C17H19NO3S. The topological polar surface area (TPSA) is 63.2 Å². The lowest BCUT2D eigenvalue weighted by Gasteiger charge is -2.07. The molecule has 2 aromatic rings. The van der Waals surface area contributed by atoms with Crippen LogP contribution in [0, 0.1) is 0 Å². The Kier molecular flexibility index (Phi) is 4.98. The SMILES string of the molecule is CCc1ccc(NC(=O)c2ccc(CS(C)(=O)=O)cc2)cc1. The lowest BCUT2D eigenvalue weighted by atomic mass is 10.1. The summed E-state index contributed by atoms with van der Waals surface area (Å²) in [6.45, 7) is 2.08. The number of benzene rings is 2. The summed E-state index contributed by atoms with van der Waals surface area (Å²) in [4.78, 5) is 12.1. The van der Waals surface area contributed by atoms with E-state index in [1.165, 1.54) is 11.8 Å². The number of nitrogens with one attached hydrogen (secondary N) is 1. The number of aryl methyl sites for hydroxylation is 1. The van der Waals surface area contributed by atoms with Crippen LogP contribution in [-0.4, -0.2) is 20.6 Å². The Morgan fingerprint density at radius 3 is 2.00 bits per heavy atom. The van der Waals surface area contributed by atoms with Crippen LogP contribution in [0.3, 0.4) is 0 Å². The van der Waals surface area contributed by atoms with Gasteiger partial charge in [-0.2, -0.15) is 0 Å². The first-order valence-corrected chi connectivity index (χ1v) is 9.10. The molecule has 4 nitrogen and oxygen atoms in total. The molecule has 0 saturated carbocycles. The third-order valence-electron chi connectivity index (χ3n) is 3.27. The second-order valence-electron chi connectivity index (χ2n) is 5.27. The summed E-state index contributed by atoms with van der Waals surface area (Å²) >= 11 is 0. The highest BCUT2D eigenvalue weighted by Gasteiger charge is 2.08. The summed E-state index contributed by atoms with van der Waals surface area (Å²) in [7, 11) is -3.07. The van der Waals surface area contributed by atoms with E-state index in [1.807, 2.05) is 24.3 Å². The average molecular weight is 317 g/mol. The minimum absolute atomic E-state index is 0.0205. The van der Waals surface area contributed by atoms with Crippen LogP contribution < -0.4 is 5.32 Å². The standard InChI is InChI=1S/C17H19NO3S/c1-3-13-6-10-16(11-7-13)18-17(19)15-8-4-14(5-9-15)12-22(2,20)21/h4-11H,3,12H2,1-2H3,(H,18,19). The number of carbonyl (C=O) groups excluding carboxylic acids is 1. The van der Waals surface area contributed by atoms with Crippen molar-refractivity contribution in [3.8, 4) is 0 Å². The minimum atomic E-state index is -3.07. The van der Waals surface area contributed by atoms with Crippen molar-refractivity contribution in [2.24, 2.45) is 0 Å². The summed E-state index contributed by atoms with van der Waals surface area (Å²) in [5.41, 5.74) is 3.12. The zero-order valence-corrected chi connectivity index (χ0v) is 13.5. The van der Waals surface area contributed by atoms with Gasteiger partial charge < -0.3 is 5.32 Å². The van der Waals surface area contributed by atoms with Gasteiger partial charge in [0.1, 0.15) is 0 Å². The van der Waals surface area contributed by atoms with Crippen LogP contribution in [0.5, 0.6) is 0 Å². The van der Waals surface area contributed by atoms with Gasteiger partial charge >= 0.3 is 0 Å². The van der Waals surface area contributed by atoms with Crippen LogP contribution in [-0.2, 0) is 22.0 Å². The van der Waals surface area contributed by atoms with Gasteiger partial charge in [-0.3, -0.25) is 4.79 Å². The molecule has 0 radical (unpaired) electrons. The number of anilines is 1. The van der Waals surface area contributed by atoms with Crippen LogP contribution in [0.1, 0.15) is 28.4 Å². The van der Waals surface area contributed by atoms with Crippen molar-refractivity contribution in [2.75, 3.05) is 11.6 Å². The smallest absolute Gasteiger partial charge is 0.255 e. The number of rotatable bonds is 5. The van der Waals surface area contributed by atoms with E-state index in [-0.39, 0.29) is 11.7 Å². The molecule has 1 N–H and O–H groups in total. The molecule has 0 spiro atoms. The average Bonchev–Trinajstić information content (AvgIpc) is 2.47. The highest BCUT2D eigenvalue weighted by atomic mass is 32.2. The van der Waals surface area contributed by atoms with Crippen molar-refractivity contribution in [1.29, 1.82) is 0 Å². The molecule has 0 fully saturated rings. The number of hydrogen-bond acceptors (Lipinski definition) is 3. The van der Waals surface area contributed by atoms with Crippen molar-refractivity contribution in [3.05, 3.63) is 65.2 Å². The fourth-order valence-electron chi connectivity index (χ4n) is 2.08. The zero-order valence-electron chi connectivity index (χ0n) is 12.7. The molecular weight excluding hydrogens is 298 g/mol. The van der Waals surface area contributed by atoms with Gasteiger partial charge in [0.2, 0.25) is 0 Å². The molecule has 0 bridgehead atoms. The fourth-order valence-corrected chi connectivity index (χ4v) is 2.88. The molecule has 22 heavy (non-hydrogen) atoms. The van der Waals surface area contributed by atoms with E-state index < -0.39 is 9.84 Å². The Labute approximate surface area is 131 Å². The van der Waals surface area contributed by atoms with Gasteiger partial charge in [0.15, 0.2) is 9.84 Å². The van der Waals surface area contributed by atoms with Crippen molar-refractivity contribution in [2.45, 2.75) is 19.1 Å². The Balaban J connectivity index is 2.05. The second-order valence-corrected chi connectivity index (χ2v) is 7.41. The summed E-state index contributed by atoms with van der Waals surface area (Å²) in [6.07, 6.45) is 2.14. The van der Waals surface area contributed by atoms with E-state index in [4.69, 9.17) is 0 Å². The normalized spacial score (nSPS) is 11.2. The first-order chi connectivity index (χ1) is 10.4. The number of hydrogen-bond donors (Lipinski definition) is 1. The van der Waals surface area contributed by atoms with E-state index in [9.17, 15) is 13.2 Å². The summed E-state index contributed by atoms with van der Waals surface area (Å²) in [5, 5.41) is 2.82. The molecule has 116 valence electrons. The third kappa shape index (κ3) is 4.70. The van der Waals surface area contributed by atoms with E-state index in [0.717, 1.165) is 12.1 Å². The largest absolute Gasteiger partial charge is 0.322 e. The molecule has 0 heterocycles. The molecule has 0 aliphatic rings. The van der Waals surface area contributed by atoms with Crippen molar-refractivity contribution < 1.29 is 13.2 Å². The van der Waals surface area contributed by atoms with Gasteiger partial charge in [-0.25, -0.2) is 8.42 Å². The molecule has 0 unspecified atom stereocenters. The highest BCUT2D eigenvalue weighted by Crippen LogP contribution is 2.13. The highest BCUT2D eigenvalue weighted by molar-refractivity contribution is 7.89. The van der Waals surface area contributed by atoms with Gasteiger partial charge in [0.05, 0.1) is 5.75 Å². The predicted molar refractivity (Wildman–Crippen MR) is 88.8 cm³/mol. The monoisotopic (exact) mass is 317 g/mol. The van der Waals surface area contributed by atoms with Gasteiger partial charge in [-0.05, 0) is 41.8 Å². The molecule has 1 amide bonds. The second kappa shape index (κ2) is 6.75. The van der Waals surface area contributed by atoms with E-state index >= 15 is 0 Å². The maximum Gasteiger partial charge on any atom is 0.255 e. The first kappa shape index (κ1) is 16.2. The van der Waals surface area contributed by atoms with Crippen molar-refractivity contribution >= 4 is 21.4 Å². The van der Waals surface area contributed by atoms with Crippen LogP contribution in [0.15, 0.2) is 48.5 Å². The zero-order chi connectivity index (χ0) is 16.2. The van der Waals surface area contributed by atoms with Gasteiger partial charge in [0, 0.05) is 17.5 Å². The molecule has 0 aliphatic carbocycles. The molecule has 0 atom stereocenters. The van der Waals surface area contributed by atoms with Crippen LogP contribution in [0.4, 0.5) is 5.69 Å². The number of amides is 1. The van der Waals surface area contributed by atoms with E-state index in [2.05, 4.69) is 12.2 Å². The summed E-state index contributed by atoms with van der Waals surface area (Å²) in [6, 6.07) is 14.3. The van der Waals surface area contributed by atoms with E-state index in [1.54, 1.807) is 24.3 Å². The maximum absolute atomic E-state index is 12.1. The maximum atomic E-state index is 12.1. The molecule has 2 rings (SSSR count). The minimum Gasteiger partial charge on any atom is -0.322 e. The third-order valence-corrected chi connectivity index (χ3v) is 4.12. The van der Waals surface area contributed by atoms with Crippen molar-refractivity contribution in [1.82, 2.24) is 0 Å². The molecule has 0 saturated heterocycles. The van der Waals surface area contributed by atoms with Crippen LogP contribution in [0.2, 0.25) is 0 Å². The molecule has 0 aliphatic heterocycles. The number of sulfone groups is 1.